The lowest BCUT2D eigenvalue weighted by molar-refractivity contribution is 0.0924. The van der Waals surface area contributed by atoms with Crippen LogP contribution in [-0.2, 0) is 0 Å². The number of Topliss-reactive ketones (excluding diaryl/α,β-unsaturated/α-hetero) is 1. The molecule has 0 saturated carbocycles. The van der Waals surface area contributed by atoms with Crippen molar-refractivity contribution in [2.75, 3.05) is 33.7 Å². The minimum Gasteiger partial charge on any atom is -0.302 e. The molecule has 1 saturated heterocycles. The largest absolute Gasteiger partial charge is 0.302 e. The van der Waals surface area contributed by atoms with Crippen molar-refractivity contribution in [3.8, 4) is 0 Å². The Kier molecular flexibility index (Phi) is 4.83. The van der Waals surface area contributed by atoms with E-state index in [9.17, 15) is 13.6 Å². The number of likely N-dealkylation sites (N-methyl/N-ethyl adjacent to an activating group) is 2. The van der Waals surface area contributed by atoms with E-state index in [1.54, 1.807) is 0 Å². The highest BCUT2D eigenvalue weighted by Crippen LogP contribution is 2.17. The Hall–Kier alpha value is -1.33. The van der Waals surface area contributed by atoms with Crippen LogP contribution in [0.3, 0.4) is 0 Å². The van der Waals surface area contributed by atoms with E-state index in [0.29, 0.717) is 6.04 Å². The van der Waals surface area contributed by atoms with Gasteiger partial charge < -0.3 is 4.90 Å². The summed E-state index contributed by atoms with van der Waals surface area (Å²) in [7, 11) is 3.87. The zero-order valence-electron chi connectivity index (χ0n) is 11.9. The van der Waals surface area contributed by atoms with Gasteiger partial charge in [-0.1, -0.05) is 6.07 Å². The summed E-state index contributed by atoms with van der Waals surface area (Å²) in [5, 5.41) is 0. The van der Waals surface area contributed by atoms with Crippen molar-refractivity contribution >= 4 is 5.78 Å². The van der Waals surface area contributed by atoms with Gasteiger partial charge in [-0.3, -0.25) is 9.69 Å². The molecule has 1 atom stereocenters. The molecule has 0 bridgehead atoms. The minimum atomic E-state index is -0.790. The standard InChI is InChI=1S/C15H20F2N2O/c1-18(9-11-5-4-8-19(11)2)10-14(20)15-12(16)6-3-7-13(15)17/h3,6-7,11H,4-5,8-10H2,1-2H3. The summed E-state index contributed by atoms with van der Waals surface area (Å²) in [6, 6.07) is 3.90. The van der Waals surface area contributed by atoms with E-state index in [4.69, 9.17) is 0 Å². The van der Waals surface area contributed by atoms with E-state index < -0.39 is 23.0 Å². The second-order valence-electron chi connectivity index (χ2n) is 5.49. The molecular formula is C15H20F2N2O. The molecule has 0 radical (unpaired) electrons. The van der Waals surface area contributed by atoms with Crippen LogP contribution in [0.1, 0.15) is 23.2 Å². The van der Waals surface area contributed by atoms with Gasteiger partial charge in [0.25, 0.3) is 0 Å². The van der Waals surface area contributed by atoms with Crippen molar-refractivity contribution in [1.82, 2.24) is 9.80 Å². The van der Waals surface area contributed by atoms with E-state index in [0.717, 1.165) is 38.1 Å². The van der Waals surface area contributed by atoms with Gasteiger partial charge >= 0.3 is 0 Å². The molecule has 20 heavy (non-hydrogen) atoms. The molecule has 1 unspecified atom stereocenters. The second-order valence-corrected chi connectivity index (χ2v) is 5.49. The van der Waals surface area contributed by atoms with Crippen molar-refractivity contribution < 1.29 is 13.6 Å². The van der Waals surface area contributed by atoms with E-state index in [1.807, 2.05) is 11.9 Å². The highest BCUT2D eigenvalue weighted by Gasteiger charge is 2.24. The van der Waals surface area contributed by atoms with Crippen molar-refractivity contribution in [2.45, 2.75) is 18.9 Å². The molecule has 1 aromatic carbocycles. The van der Waals surface area contributed by atoms with Gasteiger partial charge in [-0.05, 0) is 45.6 Å². The number of carbonyl (C=O) groups is 1. The van der Waals surface area contributed by atoms with E-state index in [2.05, 4.69) is 11.9 Å². The molecule has 1 aliphatic heterocycles. The fourth-order valence-electron chi connectivity index (χ4n) is 2.72. The first-order chi connectivity index (χ1) is 9.49. The molecule has 0 N–H and O–H groups in total. The number of benzene rings is 1. The van der Waals surface area contributed by atoms with Crippen LogP contribution in [-0.4, -0.2) is 55.4 Å². The Morgan fingerprint density at radius 2 is 2.05 bits per heavy atom. The zero-order chi connectivity index (χ0) is 14.7. The van der Waals surface area contributed by atoms with Gasteiger partial charge in [0.1, 0.15) is 11.6 Å². The first-order valence-electron chi connectivity index (χ1n) is 6.85. The maximum absolute atomic E-state index is 13.5. The predicted octanol–water partition coefficient (Wildman–Crippen LogP) is 2.17. The van der Waals surface area contributed by atoms with Gasteiger partial charge in [-0.15, -0.1) is 0 Å². The molecule has 0 amide bonds. The topological polar surface area (TPSA) is 23.6 Å². The molecule has 5 heteroatoms. The minimum absolute atomic E-state index is 0.0300. The average Bonchev–Trinajstić information content (AvgIpc) is 2.74. The molecule has 110 valence electrons. The van der Waals surface area contributed by atoms with Crippen LogP contribution in [0.5, 0.6) is 0 Å². The normalized spacial score (nSPS) is 19.8. The Bertz CT molecular complexity index is 473. The number of likely N-dealkylation sites (tertiary alicyclic amines) is 1. The Morgan fingerprint density at radius 3 is 2.60 bits per heavy atom. The SMILES string of the molecule is CN(CC(=O)c1c(F)cccc1F)CC1CCCN1C. The summed E-state index contributed by atoms with van der Waals surface area (Å²) in [4.78, 5) is 16.1. The number of rotatable bonds is 5. The van der Waals surface area contributed by atoms with Crippen LogP contribution in [0.4, 0.5) is 8.78 Å². The van der Waals surface area contributed by atoms with Crippen LogP contribution in [0.15, 0.2) is 18.2 Å². The van der Waals surface area contributed by atoms with Crippen LogP contribution < -0.4 is 0 Å². The van der Waals surface area contributed by atoms with Gasteiger partial charge in [0, 0.05) is 12.6 Å². The highest BCUT2D eigenvalue weighted by molar-refractivity contribution is 5.98. The molecule has 1 fully saturated rings. The number of ketones is 1. The summed E-state index contributed by atoms with van der Waals surface area (Å²) in [5.41, 5.74) is -0.431. The van der Waals surface area contributed by atoms with Gasteiger partial charge in [0.15, 0.2) is 5.78 Å². The van der Waals surface area contributed by atoms with Crippen molar-refractivity contribution in [3.05, 3.63) is 35.4 Å². The van der Waals surface area contributed by atoms with Gasteiger partial charge in [-0.2, -0.15) is 0 Å². The fourth-order valence-corrected chi connectivity index (χ4v) is 2.72. The lowest BCUT2D eigenvalue weighted by atomic mass is 10.1. The Balaban J connectivity index is 1.97. The molecule has 0 aliphatic carbocycles. The third-order valence-corrected chi connectivity index (χ3v) is 3.85. The molecular weight excluding hydrogens is 262 g/mol. The van der Waals surface area contributed by atoms with Crippen LogP contribution >= 0.6 is 0 Å². The molecule has 3 nitrogen and oxygen atoms in total. The Morgan fingerprint density at radius 1 is 1.40 bits per heavy atom. The van der Waals surface area contributed by atoms with E-state index >= 15 is 0 Å². The first-order valence-corrected chi connectivity index (χ1v) is 6.85. The van der Waals surface area contributed by atoms with Crippen LogP contribution in [0.25, 0.3) is 0 Å². The third-order valence-electron chi connectivity index (χ3n) is 3.85. The second kappa shape index (κ2) is 6.41. The smallest absolute Gasteiger partial charge is 0.182 e. The van der Waals surface area contributed by atoms with Crippen LogP contribution in [0.2, 0.25) is 0 Å². The number of carbonyl (C=O) groups excluding carboxylic acids is 1. The lowest BCUT2D eigenvalue weighted by Crippen LogP contribution is -2.39. The van der Waals surface area contributed by atoms with Gasteiger partial charge in [0.2, 0.25) is 0 Å². The number of halogens is 2. The van der Waals surface area contributed by atoms with Gasteiger partial charge in [-0.25, -0.2) is 8.78 Å². The molecule has 1 aliphatic rings. The summed E-state index contributed by atoms with van der Waals surface area (Å²) in [6.45, 7) is 1.83. The molecule has 0 aromatic heterocycles. The quantitative estimate of drug-likeness (QED) is 0.773. The Labute approximate surface area is 118 Å². The maximum Gasteiger partial charge on any atom is 0.182 e. The van der Waals surface area contributed by atoms with E-state index in [-0.39, 0.29) is 6.54 Å². The van der Waals surface area contributed by atoms with Crippen molar-refractivity contribution in [3.63, 3.8) is 0 Å². The molecule has 2 rings (SSSR count). The predicted molar refractivity (Wildman–Crippen MR) is 73.8 cm³/mol. The summed E-state index contributed by atoms with van der Waals surface area (Å²) in [6.07, 6.45) is 2.26. The number of hydrogen-bond acceptors (Lipinski definition) is 3. The van der Waals surface area contributed by atoms with Crippen LogP contribution in [0, 0.1) is 11.6 Å². The first kappa shape index (κ1) is 15.1. The monoisotopic (exact) mass is 282 g/mol. The number of hydrogen-bond donors (Lipinski definition) is 0. The molecule has 1 heterocycles. The van der Waals surface area contributed by atoms with Crippen molar-refractivity contribution in [1.29, 1.82) is 0 Å². The highest BCUT2D eigenvalue weighted by atomic mass is 19.1. The van der Waals surface area contributed by atoms with Gasteiger partial charge in [0.05, 0.1) is 12.1 Å². The van der Waals surface area contributed by atoms with E-state index in [1.165, 1.54) is 6.07 Å². The molecule has 0 spiro atoms. The van der Waals surface area contributed by atoms with Crippen molar-refractivity contribution in [2.24, 2.45) is 0 Å². The summed E-state index contributed by atoms with van der Waals surface area (Å²) in [5.74, 6) is -2.09. The average molecular weight is 282 g/mol. The maximum atomic E-state index is 13.5. The molecule has 1 aromatic rings. The third kappa shape index (κ3) is 3.41. The summed E-state index contributed by atoms with van der Waals surface area (Å²) >= 11 is 0. The summed E-state index contributed by atoms with van der Waals surface area (Å²) < 4.78 is 27.1. The lowest BCUT2D eigenvalue weighted by Gasteiger charge is -2.25. The fraction of sp³-hybridized carbons (Fsp3) is 0.533. The number of nitrogens with zero attached hydrogens (tertiary/aromatic N) is 2. The zero-order valence-corrected chi connectivity index (χ0v) is 11.9.